The molecule has 0 fully saturated rings. The zero-order chi connectivity index (χ0) is 13.5. The SMILES string of the molecule is CC(C)NC(=O)NC(=O)COC(=O)c1ccco1. The molecule has 0 aliphatic carbocycles. The summed E-state index contributed by atoms with van der Waals surface area (Å²) in [6, 6.07) is 2.20. The van der Waals surface area contributed by atoms with Crippen LogP contribution in [0, 0.1) is 0 Å². The van der Waals surface area contributed by atoms with Crippen LogP contribution in [-0.4, -0.2) is 30.6 Å². The maximum Gasteiger partial charge on any atom is 0.374 e. The van der Waals surface area contributed by atoms with E-state index < -0.39 is 24.5 Å². The smallest absolute Gasteiger partial charge is 0.374 e. The predicted octanol–water partition coefficient (Wildman–Crippen LogP) is 0.671. The van der Waals surface area contributed by atoms with E-state index in [0.717, 1.165) is 0 Å². The zero-order valence-electron chi connectivity index (χ0n) is 10.1. The lowest BCUT2D eigenvalue weighted by Crippen LogP contribution is -2.44. The van der Waals surface area contributed by atoms with Crippen molar-refractivity contribution in [1.29, 1.82) is 0 Å². The Morgan fingerprint density at radius 3 is 2.67 bits per heavy atom. The molecule has 0 radical (unpaired) electrons. The Morgan fingerprint density at radius 1 is 1.39 bits per heavy atom. The molecule has 2 N–H and O–H groups in total. The lowest BCUT2D eigenvalue weighted by atomic mass is 10.4. The number of carbonyl (C=O) groups excluding carboxylic acids is 3. The Morgan fingerprint density at radius 2 is 2.11 bits per heavy atom. The summed E-state index contributed by atoms with van der Waals surface area (Å²) in [4.78, 5) is 33.6. The van der Waals surface area contributed by atoms with Crippen molar-refractivity contribution < 1.29 is 23.5 Å². The van der Waals surface area contributed by atoms with Crippen molar-refractivity contribution in [1.82, 2.24) is 10.6 Å². The maximum absolute atomic E-state index is 11.3. The molecule has 0 spiro atoms. The Labute approximate surface area is 103 Å². The summed E-state index contributed by atoms with van der Waals surface area (Å²) in [5.41, 5.74) is 0. The van der Waals surface area contributed by atoms with E-state index in [9.17, 15) is 14.4 Å². The molecule has 0 bridgehead atoms. The minimum atomic E-state index is -0.764. The minimum Gasteiger partial charge on any atom is -0.457 e. The third-order valence-corrected chi connectivity index (χ3v) is 1.73. The molecule has 0 saturated carbocycles. The molecule has 18 heavy (non-hydrogen) atoms. The molecule has 0 aliphatic rings. The van der Waals surface area contributed by atoms with Crippen molar-refractivity contribution in [2.45, 2.75) is 19.9 Å². The van der Waals surface area contributed by atoms with Crippen LogP contribution in [-0.2, 0) is 9.53 Å². The first-order valence-electron chi connectivity index (χ1n) is 5.30. The topological polar surface area (TPSA) is 97.6 Å². The Kier molecular flexibility index (Phi) is 4.91. The highest BCUT2D eigenvalue weighted by Crippen LogP contribution is 2.01. The number of esters is 1. The molecule has 0 aromatic carbocycles. The number of urea groups is 1. The molecule has 0 aliphatic heterocycles. The van der Waals surface area contributed by atoms with Crippen LogP contribution in [0.1, 0.15) is 24.4 Å². The maximum atomic E-state index is 11.3. The van der Waals surface area contributed by atoms with Crippen LogP contribution >= 0.6 is 0 Å². The first-order chi connectivity index (χ1) is 8.49. The van der Waals surface area contributed by atoms with Gasteiger partial charge >= 0.3 is 12.0 Å². The fraction of sp³-hybridized carbons (Fsp3) is 0.364. The van der Waals surface area contributed by atoms with Crippen LogP contribution in [0.4, 0.5) is 4.79 Å². The van der Waals surface area contributed by atoms with Gasteiger partial charge in [0.05, 0.1) is 6.26 Å². The van der Waals surface area contributed by atoms with Gasteiger partial charge in [0, 0.05) is 6.04 Å². The van der Waals surface area contributed by atoms with Crippen LogP contribution in [0.15, 0.2) is 22.8 Å². The van der Waals surface area contributed by atoms with Gasteiger partial charge in [-0.3, -0.25) is 10.1 Å². The largest absolute Gasteiger partial charge is 0.457 e. The molecule has 0 saturated heterocycles. The number of hydrogen-bond donors (Lipinski definition) is 2. The summed E-state index contributed by atoms with van der Waals surface area (Å²) in [6.45, 7) is 2.95. The number of ether oxygens (including phenoxy) is 1. The van der Waals surface area contributed by atoms with Crippen LogP contribution in [0.3, 0.4) is 0 Å². The van der Waals surface area contributed by atoms with Crippen molar-refractivity contribution in [3.8, 4) is 0 Å². The quantitative estimate of drug-likeness (QED) is 0.769. The van der Waals surface area contributed by atoms with Gasteiger partial charge < -0.3 is 14.5 Å². The molecule has 0 unspecified atom stereocenters. The molecule has 0 atom stereocenters. The summed E-state index contributed by atoms with van der Waals surface area (Å²) in [7, 11) is 0. The number of furan rings is 1. The van der Waals surface area contributed by atoms with Gasteiger partial charge in [0.25, 0.3) is 5.91 Å². The van der Waals surface area contributed by atoms with Crippen LogP contribution in [0.2, 0.25) is 0 Å². The lowest BCUT2D eigenvalue weighted by molar-refractivity contribution is -0.123. The molecule has 7 heteroatoms. The average Bonchev–Trinajstić information content (AvgIpc) is 2.77. The van der Waals surface area contributed by atoms with E-state index >= 15 is 0 Å². The highest BCUT2D eigenvalue weighted by atomic mass is 16.5. The number of hydrogen-bond acceptors (Lipinski definition) is 5. The molecule has 3 amide bonds. The van der Waals surface area contributed by atoms with E-state index in [0.29, 0.717) is 0 Å². The second kappa shape index (κ2) is 6.43. The first kappa shape index (κ1) is 13.8. The lowest BCUT2D eigenvalue weighted by Gasteiger charge is -2.08. The van der Waals surface area contributed by atoms with E-state index in [1.165, 1.54) is 18.4 Å². The number of imide groups is 1. The summed E-state index contributed by atoms with van der Waals surface area (Å²) in [6.07, 6.45) is 1.31. The predicted molar refractivity (Wildman–Crippen MR) is 60.8 cm³/mol. The normalized spacial score (nSPS) is 9.94. The summed E-state index contributed by atoms with van der Waals surface area (Å²) in [5, 5.41) is 4.47. The van der Waals surface area contributed by atoms with E-state index in [2.05, 4.69) is 10.1 Å². The van der Waals surface area contributed by atoms with Crippen LogP contribution < -0.4 is 10.6 Å². The molecule has 1 heterocycles. The van der Waals surface area contributed by atoms with E-state index in [1.54, 1.807) is 13.8 Å². The van der Waals surface area contributed by atoms with Gasteiger partial charge in [-0.15, -0.1) is 0 Å². The Balaban J connectivity index is 2.29. The van der Waals surface area contributed by atoms with Gasteiger partial charge in [-0.2, -0.15) is 0 Å². The van der Waals surface area contributed by atoms with Gasteiger partial charge in [-0.05, 0) is 26.0 Å². The standard InChI is InChI=1S/C11H14N2O5/c1-7(2)12-11(16)13-9(14)6-18-10(15)8-4-3-5-17-8/h3-5,7H,6H2,1-2H3,(H2,12,13,14,16). The molecule has 98 valence electrons. The second-order valence-electron chi connectivity index (χ2n) is 3.73. The highest BCUT2D eigenvalue weighted by molar-refractivity contribution is 5.96. The fourth-order valence-corrected chi connectivity index (χ4v) is 1.06. The Hall–Kier alpha value is -2.31. The van der Waals surface area contributed by atoms with E-state index in [1.807, 2.05) is 5.32 Å². The van der Waals surface area contributed by atoms with Crippen molar-refractivity contribution >= 4 is 17.9 Å². The molecular formula is C11H14N2O5. The monoisotopic (exact) mass is 254 g/mol. The van der Waals surface area contributed by atoms with Gasteiger partial charge in [0.2, 0.25) is 5.76 Å². The van der Waals surface area contributed by atoms with Crippen molar-refractivity contribution in [2.75, 3.05) is 6.61 Å². The minimum absolute atomic E-state index is 0.00516. The first-order valence-corrected chi connectivity index (χ1v) is 5.30. The fourth-order valence-electron chi connectivity index (χ4n) is 1.06. The molecule has 1 aromatic heterocycles. The second-order valence-corrected chi connectivity index (χ2v) is 3.73. The van der Waals surface area contributed by atoms with Gasteiger partial charge in [0.15, 0.2) is 6.61 Å². The van der Waals surface area contributed by atoms with Gasteiger partial charge in [-0.25, -0.2) is 9.59 Å². The van der Waals surface area contributed by atoms with E-state index in [-0.39, 0.29) is 11.8 Å². The molecular weight excluding hydrogens is 240 g/mol. The molecule has 1 rings (SSSR count). The number of rotatable bonds is 4. The number of nitrogens with one attached hydrogen (secondary N) is 2. The number of amides is 3. The molecule has 1 aromatic rings. The summed E-state index contributed by atoms with van der Waals surface area (Å²) < 4.78 is 9.41. The third kappa shape index (κ3) is 4.69. The van der Waals surface area contributed by atoms with Crippen molar-refractivity contribution in [2.24, 2.45) is 0 Å². The summed E-state index contributed by atoms with van der Waals surface area (Å²) >= 11 is 0. The van der Waals surface area contributed by atoms with Crippen molar-refractivity contribution in [3.63, 3.8) is 0 Å². The van der Waals surface area contributed by atoms with Gasteiger partial charge in [0.1, 0.15) is 0 Å². The van der Waals surface area contributed by atoms with Crippen molar-refractivity contribution in [3.05, 3.63) is 24.2 Å². The zero-order valence-corrected chi connectivity index (χ0v) is 10.1. The van der Waals surface area contributed by atoms with E-state index in [4.69, 9.17) is 4.42 Å². The Bertz CT molecular complexity index is 425. The van der Waals surface area contributed by atoms with Crippen LogP contribution in [0.5, 0.6) is 0 Å². The van der Waals surface area contributed by atoms with Gasteiger partial charge in [-0.1, -0.05) is 0 Å². The number of carbonyl (C=O) groups is 3. The third-order valence-electron chi connectivity index (χ3n) is 1.73. The van der Waals surface area contributed by atoms with Crippen LogP contribution in [0.25, 0.3) is 0 Å². The molecule has 7 nitrogen and oxygen atoms in total. The summed E-state index contributed by atoms with van der Waals surface area (Å²) in [5.74, 6) is -1.48. The highest BCUT2D eigenvalue weighted by Gasteiger charge is 2.14. The average molecular weight is 254 g/mol.